The standard InChI is InChI=1S/C20H23N3O4/c1-15-13-17(7-8-19(15)23(25)26)20(24)21-18(16-5-3-2-4-6-16)14-22-9-11-27-12-10-22/h2-8,13,18H,9-12,14H2,1H3,(H,21,24)/t18-/m1/s1. The Kier molecular flexibility index (Phi) is 6.16. The highest BCUT2D eigenvalue weighted by molar-refractivity contribution is 5.95. The summed E-state index contributed by atoms with van der Waals surface area (Å²) in [5, 5.41) is 14.1. The van der Waals surface area contributed by atoms with E-state index in [9.17, 15) is 14.9 Å². The summed E-state index contributed by atoms with van der Waals surface area (Å²) in [5.41, 5.74) is 1.92. The SMILES string of the molecule is Cc1cc(C(=O)N[C@H](CN2CCOCC2)c2ccccc2)ccc1[N+](=O)[O-]. The third-order valence-electron chi connectivity index (χ3n) is 4.71. The Bertz CT molecular complexity index is 804. The van der Waals surface area contributed by atoms with Crippen LogP contribution < -0.4 is 5.32 Å². The molecule has 0 aromatic heterocycles. The molecule has 0 saturated carbocycles. The Hall–Kier alpha value is -2.77. The number of amides is 1. The lowest BCUT2D eigenvalue weighted by atomic mass is 10.0. The quantitative estimate of drug-likeness (QED) is 0.625. The van der Waals surface area contributed by atoms with Gasteiger partial charge in [-0.1, -0.05) is 30.3 Å². The number of nitro groups is 1. The number of nitrogens with zero attached hydrogens (tertiary/aromatic N) is 2. The van der Waals surface area contributed by atoms with Crippen molar-refractivity contribution >= 4 is 11.6 Å². The molecule has 7 heteroatoms. The molecule has 1 aliphatic rings. The van der Waals surface area contributed by atoms with Crippen molar-refractivity contribution < 1.29 is 14.5 Å². The van der Waals surface area contributed by atoms with Gasteiger partial charge in [-0.2, -0.15) is 0 Å². The average molecular weight is 369 g/mol. The van der Waals surface area contributed by atoms with Gasteiger partial charge in [0.15, 0.2) is 0 Å². The van der Waals surface area contributed by atoms with E-state index in [0.717, 1.165) is 18.7 Å². The summed E-state index contributed by atoms with van der Waals surface area (Å²) in [6.07, 6.45) is 0. The smallest absolute Gasteiger partial charge is 0.272 e. The highest BCUT2D eigenvalue weighted by Gasteiger charge is 2.21. The molecule has 2 aromatic carbocycles. The number of ether oxygens (including phenoxy) is 1. The van der Waals surface area contributed by atoms with Crippen LogP contribution in [0.15, 0.2) is 48.5 Å². The van der Waals surface area contributed by atoms with Crippen LogP contribution in [0.3, 0.4) is 0 Å². The van der Waals surface area contributed by atoms with E-state index in [0.29, 0.717) is 30.9 Å². The van der Waals surface area contributed by atoms with Crippen LogP contribution in [0.4, 0.5) is 5.69 Å². The first kappa shape index (κ1) is 19.0. The average Bonchev–Trinajstić information content (AvgIpc) is 2.68. The van der Waals surface area contributed by atoms with Crippen molar-refractivity contribution in [3.05, 3.63) is 75.3 Å². The molecule has 3 rings (SSSR count). The summed E-state index contributed by atoms with van der Waals surface area (Å²) < 4.78 is 5.40. The fourth-order valence-corrected chi connectivity index (χ4v) is 3.20. The van der Waals surface area contributed by atoms with Gasteiger partial charge in [-0.15, -0.1) is 0 Å². The molecule has 1 amide bonds. The minimum absolute atomic E-state index is 0.0134. The van der Waals surface area contributed by atoms with Crippen molar-refractivity contribution in [1.82, 2.24) is 10.2 Å². The number of rotatable bonds is 6. The van der Waals surface area contributed by atoms with Crippen LogP contribution in [0, 0.1) is 17.0 Å². The minimum atomic E-state index is -0.442. The number of carbonyl (C=O) groups is 1. The zero-order chi connectivity index (χ0) is 19.2. The lowest BCUT2D eigenvalue weighted by Gasteiger charge is -2.31. The van der Waals surface area contributed by atoms with Crippen molar-refractivity contribution in [3.63, 3.8) is 0 Å². The molecule has 1 fully saturated rings. The van der Waals surface area contributed by atoms with E-state index < -0.39 is 4.92 Å². The molecule has 27 heavy (non-hydrogen) atoms. The molecular weight excluding hydrogens is 346 g/mol. The maximum atomic E-state index is 12.8. The second-order valence-electron chi connectivity index (χ2n) is 6.61. The van der Waals surface area contributed by atoms with Crippen molar-refractivity contribution in [2.75, 3.05) is 32.8 Å². The summed E-state index contributed by atoms with van der Waals surface area (Å²) in [6, 6.07) is 14.1. The maximum absolute atomic E-state index is 12.8. The molecule has 0 bridgehead atoms. The van der Waals surface area contributed by atoms with E-state index in [1.54, 1.807) is 13.0 Å². The Labute approximate surface area is 158 Å². The third-order valence-corrected chi connectivity index (χ3v) is 4.71. The van der Waals surface area contributed by atoms with Gasteiger partial charge in [0.05, 0.1) is 24.2 Å². The number of nitrogens with one attached hydrogen (secondary N) is 1. The van der Waals surface area contributed by atoms with Crippen LogP contribution in [0.5, 0.6) is 0 Å². The molecule has 0 spiro atoms. The number of morpholine rings is 1. The molecule has 1 atom stereocenters. The summed E-state index contributed by atoms with van der Waals surface area (Å²) in [7, 11) is 0. The van der Waals surface area contributed by atoms with Gasteiger partial charge in [-0.3, -0.25) is 19.8 Å². The van der Waals surface area contributed by atoms with Crippen LogP contribution in [-0.2, 0) is 4.74 Å². The second kappa shape index (κ2) is 8.75. The summed E-state index contributed by atoms with van der Waals surface area (Å²) >= 11 is 0. The molecule has 1 aliphatic heterocycles. The number of benzene rings is 2. The molecule has 2 aromatic rings. The molecule has 1 heterocycles. The first-order chi connectivity index (χ1) is 13.0. The van der Waals surface area contributed by atoms with Crippen LogP contribution in [0.1, 0.15) is 27.5 Å². The first-order valence-electron chi connectivity index (χ1n) is 8.95. The summed E-state index contributed by atoms with van der Waals surface area (Å²) in [6.45, 7) is 5.36. The van der Waals surface area contributed by atoms with Gasteiger partial charge in [0, 0.05) is 36.8 Å². The van der Waals surface area contributed by atoms with Crippen LogP contribution in [0.2, 0.25) is 0 Å². The number of hydrogen-bond donors (Lipinski definition) is 1. The molecular formula is C20H23N3O4. The fourth-order valence-electron chi connectivity index (χ4n) is 3.20. The van der Waals surface area contributed by atoms with Crippen molar-refractivity contribution in [3.8, 4) is 0 Å². The molecule has 142 valence electrons. The van der Waals surface area contributed by atoms with Gasteiger partial charge in [0.2, 0.25) is 0 Å². The summed E-state index contributed by atoms with van der Waals surface area (Å²) in [4.78, 5) is 25.6. The Morgan fingerprint density at radius 3 is 2.56 bits per heavy atom. The zero-order valence-electron chi connectivity index (χ0n) is 15.3. The highest BCUT2D eigenvalue weighted by atomic mass is 16.6. The van der Waals surface area contributed by atoms with E-state index in [4.69, 9.17) is 4.74 Å². The van der Waals surface area contributed by atoms with Crippen LogP contribution in [-0.4, -0.2) is 48.6 Å². The maximum Gasteiger partial charge on any atom is 0.272 e. The molecule has 0 unspecified atom stereocenters. The van der Waals surface area contributed by atoms with E-state index in [-0.39, 0.29) is 17.6 Å². The van der Waals surface area contributed by atoms with Gasteiger partial charge in [0.1, 0.15) is 0 Å². The highest BCUT2D eigenvalue weighted by Crippen LogP contribution is 2.20. The van der Waals surface area contributed by atoms with Gasteiger partial charge in [-0.05, 0) is 24.6 Å². The lowest BCUT2D eigenvalue weighted by molar-refractivity contribution is -0.385. The van der Waals surface area contributed by atoms with Crippen molar-refractivity contribution in [2.24, 2.45) is 0 Å². The molecule has 7 nitrogen and oxygen atoms in total. The number of nitro benzene ring substituents is 1. The van der Waals surface area contributed by atoms with E-state index >= 15 is 0 Å². The predicted molar refractivity (Wildman–Crippen MR) is 102 cm³/mol. The molecule has 1 saturated heterocycles. The van der Waals surface area contributed by atoms with Gasteiger partial charge < -0.3 is 10.1 Å². The topological polar surface area (TPSA) is 84.7 Å². The number of aryl methyl sites for hydroxylation is 1. The van der Waals surface area contributed by atoms with E-state index in [1.165, 1.54) is 12.1 Å². The second-order valence-corrected chi connectivity index (χ2v) is 6.61. The molecule has 1 N–H and O–H groups in total. The van der Waals surface area contributed by atoms with Crippen molar-refractivity contribution in [2.45, 2.75) is 13.0 Å². The third kappa shape index (κ3) is 4.90. The van der Waals surface area contributed by atoms with Crippen LogP contribution >= 0.6 is 0 Å². The van der Waals surface area contributed by atoms with Crippen molar-refractivity contribution in [1.29, 1.82) is 0 Å². The Balaban J connectivity index is 1.77. The number of hydrogen-bond acceptors (Lipinski definition) is 5. The van der Waals surface area contributed by atoms with E-state index in [2.05, 4.69) is 10.2 Å². The summed E-state index contributed by atoms with van der Waals surface area (Å²) in [5.74, 6) is -0.241. The first-order valence-corrected chi connectivity index (χ1v) is 8.95. The fraction of sp³-hybridized carbons (Fsp3) is 0.350. The minimum Gasteiger partial charge on any atom is -0.379 e. The van der Waals surface area contributed by atoms with E-state index in [1.807, 2.05) is 30.3 Å². The van der Waals surface area contributed by atoms with Gasteiger partial charge in [0.25, 0.3) is 11.6 Å². The zero-order valence-corrected chi connectivity index (χ0v) is 15.3. The number of carbonyl (C=O) groups excluding carboxylic acids is 1. The lowest BCUT2D eigenvalue weighted by Crippen LogP contribution is -2.43. The van der Waals surface area contributed by atoms with Crippen LogP contribution in [0.25, 0.3) is 0 Å². The molecule has 0 radical (unpaired) electrons. The van der Waals surface area contributed by atoms with Gasteiger partial charge in [-0.25, -0.2) is 0 Å². The normalized spacial score (nSPS) is 15.9. The largest absolute Gasteiger partial charge is 0.379 e. The monoisotopic (exact) mass is 369 g/mol. The Morgan fingerprint density at radius 2 is 1.93 bits per heavy atom. The Morgan fingerprint density at radius 1 is 1.22 bits per heavy atom. The predicted octanol–water partition coefficient (Wildman–Crippen LogP) is 2.71. The van der Waals surface area contributed by atoms with Gasteiger partial charge >= 0.3 is 0 Å². The molecule has 0 aliphatic carbocycles.